The number of ether oxygens (including phenoxy) is 2. The molecule has 114 valence electrons. The molecule has 1 heterocycles. The Kier molecular flexibility index (Phi) is 4.14. The topological polar surface area (TPSA) is 18.5 Å². The Morgan fingerprint density at radius 3 is 1.82 bits per heavy atom. The van der Waals surface area contributed by atoms with Gasteiger partial charge in [-0.15, -0.1) is 0 Å². The summed E-state index contributed by atoms with van der Waals surface area (Å²) in [6.45, 7) is 4.24. The van der Waals surface area contributed by atoms with Gasteiger partial charge in [-0.25, -0.2) is 0 Å². The van der Waals surface area contributed by atoms with Crippen molar-refractivity contribution >= 4 is 0 Å². The van der Waals surface area contributed by atoms with E-state index < -0.39 is 5.60 Å². The molecule has 0 aromatic heterocycles. The minimum atomic E-state index is -0.476. The third kappa shape index (κ3) is 2.49. The molecular weight excluding hydrogens is 272 g/mol. The quantitative estimate of drug-likeness (QED) is 0.767. The molecule has 2 nitrogen and oxygen atoms in total. The summed E-state index contributed by atoms with van der Waals surface area (Å²) in [5, 5.41) is 0. The van der Waals surface area contributed by atoms with Gasteiger partial charge in [0.25, 0.3) is 0 Å². The monoisotopic (exact) mass is 294 g/mol. The minimum Gasteiger partial charge on any atom is -0.352 e. The van der Waals surface area contributed by atoms with Crippen LogP contribution in [0.4, 0.5) is 0 Å². The van der Waals surface area contributed by atoms with Crippen LogP contribution in [0.2, 0.25) is 0 Å². The molecule has 0 spiro atoms. The second kappa shape index (κ2) is 6.07. The molecule has 1 aliphatic rings. The van der Waals surface area contributed by atoms with Gasteiger partial charge in [0.1, 0.15) is 5.60 Å². The zero-order valence-electron chi connectivity index (χ0n) is 13.4. The first-order chi connectivity index (χ1) is 10.7. The van der Waals surface area contributed by atoms with Crippen LogP contribution in [0.15, 0.2) is 71.8 Å². The highest BCUT2D eigenvalue weighted by molar-refractivity contribution is 5.41. The Morgan fingerprint density at radius 1 is 0.955 bits per heavy atom. The van der Waals surface area contributed by atoms with Crippen molar-refractivity contribution in [3.63, 3.8) is 0 Å². The number of methoxy groups -OCH3 is 1. The molecule has 0 bridgehead atoms. The lowest BCUT2D eigenvalue weighted by Crippen LogP contribution is -2.28. The van der Waals surface area contributed by atoms with E-state index in [1.807, 2.05) is 12.1 Å². The number of hydrogen-bond acceptors (Lipinski definition) is 2. The zero-order valence-corrected chi connectivity index (χ0v) is 13.4. The first kappa shape index (κ1) is 15.0. The molecule has 0 aliphatic carbocycles. The van der Waals surface area contributed by atoms with E-state index in [4.69, 9.17) is 9.47 Å². The first-order valence-corrected chi connectivity index (χ1v) is 7.65. The van der Waals surface area contributed by atoms with Crippen LogP contribution in [0.5, 0.6) is 0 Å². The molecule has 0 amide bonds. The number of benzene rings is 2. The maximum absolute atomic E-state index is 6.46. The van der Waals surface area contributed by atoms with Gasteiger partial charge in [0, 0.05) is 13.5 Å². The molecule has 1 aliphatic heterocycles. The number of hydrogen-bond donors (Lipinski definition) is 0. The zero-order chi connectivity index (χ0) is 15.6. The van der Waals surface area contributed by atoms with E-state index in [2.05, 4.69) is 62.4 Å². The molecule has 3 rings (SSSR count). The van der Waals surface area contributed by atoms with Crippen molar-refractivity contribution in [1.82, 2.24) is 0 Å². The third-order valence-electron chi connectivity index (χ3n) is 4.37. The molecule has 1 atom stereocenters. The third-order valence-corrected chi connectivity index (χ3v) is 4.37. The van der Waals surface area contributed by atoms with Gasteiger partial charge in [-0.3, -0.25) is 0 Å². The molecule has 2 aromatic carbocycles. The van der Waals surface area contributed by atoms with Crippen LogP contribution in [0.25, 0.3) is 0 Å². The predicted molar refractivity (Wildman–Crippen MR) is 88.5 cm³/mol. The highest BCUT2D eigenvalue weighted by Gasteiger charge is 2.46. The standard InChI is InChI=1S/C20H22O2/c1-15(2)18-14-20(22-19(18)21-3,16-10-6-4-7-11-16)17-12-8-5-9-13-17/h4-13,19H,14H2,1-3H3. The van der Waals surface area contributed by atoms with Gasteiger partial charge in [0.2, 0.25) is 0 Å². The van der Waals surface area contributed by atoms with Crippen LogP contribution in [-0.2, 0) is 15.1 Å². The summed E-state index contributed by atoms with van der Waals surface area (Å²) in [5.41, 5.74) is 4.35. The van der Waals surface area contributed by atoms with Gasteiger partial charge < -0.3 is 9.47 Å². The fraction of sp³-hybridized carbons (Fsp3) is 0.300. The van der Waals surface area contributed by atoms with Crippen molar-refractivity contribution < 1.29 is 9.47 Å². The largest absolute Gasteiger partial charge is 0.352 e. The van der Waals surface area contributed by atoms with Crippen molar-refractivity contribution in [3.05, 3.63) is 82.9 Å². The maximum atomic E-state index is 6.46. The second-order valence-electron chi connectivity index (χ2n) is 5.95. The summed E-state index contributed by atoms with van der Waals surface area (Å²) in [4.78, 5) is 0. The van der Waals surface area contributed by atoms with E-state index in [1.54, 1.807) is 7.11 Å². The Balaban J connectivity index is 2.17. The lowest BCUT2D eigenvalue weighted by Gasteiger charge is -2.30. The Labute approximate surface area is 132 Å². The second-order valence-corrected chi connectivity index (χ2v) is 5.95. The molecule has 0 N–H and O–H groups in total. The van der Waals surface area contributed by atoms with Crippen molar-refractivity contribution in [1.29, 1.82) is 0 Å². The van der Waals surface area contributed by atoms with E-state index in [9.17, 15) is 0 Å². The predicted octanol–water partition coefficient (Wildman–Crippen LogP) is 4.66. The molecule has 0 saturated carbocycles. The lowest BCUT2D eigenvalue weighted by molar-refractivity contribution is -0.133. The summed E-state index contributed by atoms with van der Waals surface area (Å²) in [7, 11) is 1.71. The highest BCUT2D eigenvalue weighted by atomic mass is 16.7. The average Bonchev–Trinajstić information content (AvgIpc) is 2.98. The minimum absolute atomic E-state index is 0.287. The van der Waals surface area contributed by atoms with Gasteiger partial charge in [0.15, 0.2) is 6.29 Å². The van der Waals surface area contributed by atoms with Gasteiger partial charge in [-0.2, -0.15) is 0 Å². The Hall–Kier alpha value is -1.90. The van der Waals surface area contributed by atoms with Gasteiger partial charge >= 0.3 is 0 Å². The number of rotatable bonds is 3. The van der Waals surface area contributed by atoms with Crippen molar-refractivity contribution in [2.75, 3.05) is 7.11 Å². The summed E-state index contributed by atoms with van der Waals surface area (Å²) in [6, 6.07) is 20.8. The summed E-state index contributed by atoms with van der Waals surface area (Å²) in [6.07, 6.45) is 0.535. The van der Waals surface area contributed by atoms with E-state index in [0.29, 0.717) is 0 Å². The van der Waals surface area contributed by atoms with Crippen LogP contribution in [0, 0.1) is 0 Å². The van der Waals surface area contributed by atoms with Crippen molar-refractivity contribution in [2.24, 2.45) is 0 Å². The van der Waals surface area contributed by atoms with E-state index in [0.717, 1.165) is 6.42 Å². The Morgan fingerprint density at radius 2 is 1.45 bits per heavy atom. The summed E-state index contributed by atoms with van der Waals surface area (Å²) in [5.74, 6) is 0. The van der Waals surface area contributed by atoms with Crippen molar-refractivity contribution in [2.45, 2.75) is 32.2 Å². The number of allylic oxidation sites excluding steroid dienone is 1. The van der Waals surface area contributed by atoms with Crippen LogP contribution in [-0.4, -0.2) is 13.4 Å². The van der Waals surface area contributed by atoms with E-state index >= 15 is 0 Å². The lowest BCUT2D eigenvalue weighted by atomic mass is 9.82. The van der Waals surface area contributed by atoms with Crippen LogP contribution in [0.3, 0.4) is 0 Å². The molecule has 1 saturated heterocycles. The Bertz CT molecular complexity index is 615. The molecule has 0 radical (unpaired) electrons. The molecular formula is C20H22O2. The molecule has 1 fully saturated rings. The smallest absolute Gasteiger partial charge is 0.181 e. The first-order valence-electron chi connectivity index (χ1n) is 7.65. The summed E-state index contributed by atoms with van der Waals surface area (Å²) >= 11 is 0. The molecule has 1 unspecified atom stereocenters. The van der Waals surface area contributed by atoms with Gasteiger partial charge in [0.05, 0.1) is 0 Å². The fourth-order valence-electron chi connectivity index (χ4n) is 3.17. The van der Waals surface area contributed by atoms with E-state index in [-0.39, 0.29) is 6.29 Å². The average molecular weight is 294 g/mol. The van der Waals surface area contributed by atoms with Crippen LogP contribution < -0.4 is 0 Å². The summed E-state index contributed by atoms with van der Waals surface area (Å²) < 4.78 is 12.1. The SMILES string of the molecule is COC1OC(c2ccccc2)(c2ccccc2)CC1=C(C)C. The van der Waals surface area contributed by atoms with E-state index in [1.165, 1.54) is 22.3 Å². The highest BCUT2D eigenvalue weighted by Crippen LogP contribution is 2.48. The van der Waals surface area contributed by atoms with Crippen LogP contribution >= 0.6 is 0 Å². The van der Waals surface area contributed by atoms with Crippen LogP contribution in [0.1, 0.15) is 31.4 Å². The maximum Gasteiger partial charge on any atom is 0.181 e. The molecule has 2 heteroatoms. The van der Waals surface area contributed by atoms with Gasteiger partial charge in [-0.1, -0.05) is 66.2 Å². The van der Waals surface area contributed by atoms with Gasteiger partial charge in [-0.05, 0) is 30.5 Å². The fourth-order valence-corrected chi connectivity index (χ4v) is 3.17. The molecule has 22 heavy (non-hydrogen) atoms. The molecule has 2 aromatic rings. The normalized spacial score (nSPS) is 20.1. The van der Waals surface area contributed by atoms with Crippen molar-refractivity contribution in [3.8, 4) is 0 Å².